The molecule has 0 spiro atoms. The van der Waals surface area contributed by atoms with Gasteiger partial charge in [-0.25, -0.2) is 9.37 Å². The molecular formula is C20H22FN4OS+. The van der Waals surface area contributed by atoms with Gasteiger partial charge >= 0.3 is 0 Å². The molecule has 0 aliphatic carbocycles. The van der Waals surface area contributed by atoms with Crippen molar-refractivity contribution in [1.82, 2.24) is 4.98 Å². The maximum Gasteiger partial charge on any atom is 0.281 e. The minimum absolute atomic E-state index is 0.00369. The van der Waals surface area contributed by atoms with Crippen LogP contribution in [0.1, 0.15) is 5.56 Å². The number of halogens is 1. The summed E-state index contributed by atoms with van der Waals surface area (Å²) in [6.07, 6.45) is 0. The third kappa shape index (κ3) is 4.26. The number of hydrogen-bond acceptors (Lipinski definition) is 4. The number of hydrogen-bond donors (Lipinski definition) is 2. The van der Waals surface area contributed by atoms with Crippen LogP contribution in [0, 0.1) is 12.7 Å². The van der Waals surface area contributed by atoms with E-state index in [0.717, 1.165) is 42.1 Å². The van der Waals surface area contributed by atoms with Gasteiger partial charge in [0.25, 0.3) is 5.91 Å². The lowest BCUT2D eigenvalue weighted by Gasteiger charge is -2.33. The molecule has 5 nitrogen and oxygen atoms in total. The van der Waals surface area contributed by atoms with E-state index in [1.165, 1.54) is 33.9 Å². The van der Waals surface area contributed by atoms with Gasteiger partial charge in [-0.3, -0.25) is 10.1 Å². The van der Waals surface area contributed by atoms with Gasteiger partial charge in [0.05, 0.1) is 36.4 Å². The number of amides is 1. The number of nitrogens with one attached hydrogen (secondary N) is 2. The Balaban J connectivity index is 1.30. The smallest absolute Gasteiger partial charge is 0.281 e. The predicted octanol–water partition coefficient (Wildman–Crippen LogP) is 2.09. The Morgan fingerprint density at radius 2 is 1.96 bits per heavy atom. The Hall–Kier alpha value is -2.51. The first-order chi connectivity index (χ1) is 13.1. The van der Waals surface area contributed by atoms with Crippen LogP contribution in [0.3, 0.4) is 0 Å². The summed E-state index contributed by atoms with van der Waals surface area (Å²) in [4.78, 5) is 20.4. The van der Waals surface area contributed by atoms with Gasteiger partial charge in [0.2, 0.25) is 0 Å². The molecule has 1 saturated heterocycles. The van der Waals surface area contributed by atoms with Crippen LogP contribution in [0.2, 0.25) is 0 Å². The van der Waals surface area contributed by atoms with Crippen LogP contribution >= 0.6 is 11.3 Å². The second-order valence-electron chi connectivity index (χ2n) is 6.93. The Morgan fingerprint density at radius 1 is 1.22 bits per heavy atom. The number of carbonyl (C=O) groups excluding carboxylic acids is 1. The Kier molecular flexibility index (Phi) is 5.05. The molecule has 1 aliphatic heterocycles. The lowest BCUT2D eigenvalue weighted by atomic mass is 10.2. The highest BCUT2D eigenvalue weighted by molar-refractivity contribution is 7.22. The number of aromatic nitrogens is 1. The summed E-state index contributed by atoms with van der Waals surface area (Å²) in [5, 5.41) is 3.60. The number of thiazole rings is 1. The molecule has 2 heterocycles. The number of anilines is 2. The molecule has 3 aromatic rings. The van der Waals surface area contributed by atoms with Gasteiger partial charge in [-0.1, -0.05) is 17.4 Å². The van der Waals surface area contributed by atoms with Gasteiger partial charge < -0.3 is 9.80 Å². The molecule has 0 atom stereocenters. The van der Waals surface area contributed by atoms with Gasteiger partial charge in [-0.2, -0.15) is 0 Å². The highest BCUT2D eigenvalue weighted by Gasteiger charge is 2.22. The van der Waals surface area contributed by atoms with Gasteiger partial charge in [-0.15, -0.1) is 0 Å². The molecule has 140 valence electrons. The van der Waals surface area contributed by atoms with Crippen molar-refractivity contribution < 1.29 is 14.1 Å². The molecule has 1 fully saturated rings. The fourth-order valence-electron chi connectivity index (χ4n) is 3.39. The summed E-state index contributed by atoms with van der Waals surface area (Å²) in [5.74, 6) is -0.222. The Labute approximate surface area is 161 Å². The van der Waals surface area contributed by atoms with E-state index >= 15 is 0 Å². The third-order valence-corrected chi connectivity index (χ3v) is 5.80. The first-order valence-electron chi connectivity index (χ1n) is 9.08. The molecule has 27 heavy (non-hydrogen) atoms. The molecule has 0 radical (unpaired) electrons. The van der Waals surface area contributed by atoms with Gasteiger partial charge in [0.1, 0.15) is 5.82 Å². The maximum absolute atomic E-state index is 13.1. The van der Waals surface area contributed by atoms with Crippen LogP contribution in [0.15, 0.2) is 42.5 Å². The molecule has 0 unspecified atom stereocenters. The van der Waals surface area contributed by atoms with Gasteiger partial charge in [0.15, 0.2) is 11.7 Å². The number of quaternary nitrogens is 1. The van der Waals surface area contributed by atoms with Gasteiger partial charge in [-0.05, 0) is 48.9 Å². The molecule has 1 amide bonds. The number of piperazine rings is 1. The molecule has 1 aliphatic rings. The van der Waals surface area contributed by atoms with E-state index in [0.29, 0.717) is 11.7 Å². The van der Waals surface area contributed by atoms with Crippen LogP contribution in [-0.2, 0) is 4.79 Å². The normalized spacial score (nSPS) is 15.3. The van der Waals surface area contributed by atoms with Gasteiger partial charge in [0, 0.05) is 5.69 Å². The highest BCUT2D eigenvalue weighted by Crippen LogP contribution is 2.26. The molecule has 2 aromatic carbocycles. The fraction of sp³-hybridized carbons (Fsp3) is 0.300. The monoisotopic (exact) mass is 385 g/mol. The zero-order chi connectivity index (χ0) is 18.8. The summed E-state index contributed by atoms with van der Waals surface area (Å²) >= 11 is 1.51. The van der Waals surface area contributed by atoms with E-state index in [-0.39, 0.29) is 11.7 Å². The van der Waals surface area contributed by atoms with Crippen molar-refractivity contribution in [2.75, 3.05) is 42.9 Å². The lowest BCUT2D eigenvalue weighted by Crippen LogP contribution is -3.15. The minimum Gasteiger partial charge on any atom is -0.360 e. The first kappa shape index (κ1) is 17.9. The topological polar surface area (TPSA) is 49.7 Å². The number of nitrogens with zero attached hydrogens (tertiary/aromatic N) is 2. The molecule has 2 N–H and O–H groups in total. The molecule has 1 aromatic heterocycles. The average molecular weight is 385 g/mol. The maximum atomic E-state index is 13.1. The number of rotatable bonds is 4. The first-order valence-corrected chi connectivity index (χ1v) is 9.89. The molecular weight excluding hydrogens is 363 g/mol. The zero-order valence-corrected chi connectivity index (χ0v) is 16.0. The molecule has 7 heteroatoms. The van der Waals surface area contributed by atoms with E-state index in [4.69, 9.17) is 0 Å². The van der Waals surface area contributed by atoms with Crippen molar-refractivity contribution >= 4 is 38.3 Å². The quantitative estimate of drug-likeness (QED) is 0.723. The number of benzene rings is 2. The fourth-order valence-corrected chi connectivity index (χ4v) is 4.37. The second-order valence-corrected chi connectivity index (χ2v) is 7.96. The summed E-state index contributed by atoms with van der Waals surface area (Å²) in [6.45, 7) is 5.95. The van der Waals surface area contributed by atoms with Crippen LogP contribution in [0.4, 0.5) is 15.2 Å². The molecule has 4 rings (SSSR count). The largest absolute Gasteiger partial charge is 0.360 e. The lowest BCUT2D eigenvalue weighted by molar-refractivity contribution is -0.892. The number of fused-ring (bicyclic) bond motifs is 1. The van der Waals surface area contributed by atoms with Crippen LogP contribution < -0.4 is 15.1 Å². The van der Waals surface area contributed by atoms with Crippen LogP contribution in [0.25, 0.3) is 10.2 Å². The zero-order valence-electron chi connectivity index (χ0n) is 15.2. The van der Waals surface area contributed by atoms with E-state index in [1.807, 2.05) is 31.2 Å². The summed E-state index contributed by atoms with van der Waals surface area (Å²) in [6, 6.07) is 12.7. The van der Waals surface area contributed by atoms with Crippen LogP contribution in [-0.4, -0.2) is 43.6 Å². The summed E-state index contributed by atoms with van der Waals surface area (Å²) in [7, 11) is 0. The predicted molar refractivity (Wildman–Crippen MR) is 107 cm³/mol. The van der Waals surface area contributed by atoms with E-state index < -0.39 is 0 Å². The molecule has 0 saturated carbocycles. The average Bonchev–Trinajstić information content (AvgIpc) is 3.04. The standard InChI is InChI=1S/C20H21FN4OS/c1-14-2-7-17-18(12-14)27-20(22-17)23-19(26)13-24-8-10-25(11-9-24)16-5-3-15(21)4-6-16/h2-7,12H,8-11,13H2,1H3,(H,22,23,26)/p+1. The van der Waals surface area contributed by atoms with E-state index in [9.17, 15) is 9.18 Å². The Morgan fingerprint density at radius 3 is 2.70 bits per heavy atom. The number of carbonyl (C=O) groups is 1. The van der Waals surface area contributed by atoms with Crippen molar-refractivity contribution in [1.29, 1.82) is 0 Å². The summed E-state index contributed by atoms with van der Waals surface area (Å²) < 4.78 is 14.1. The van der Waals surface area contributed by atoms with Crippen molar-refractivity contribution in [2.24, 2.45) is 0 Å². The van der Waals surface area contributed by atoms with Crippen molar-refractivity contribution in [3.63, 3.8) is 0 Å². The highest BCUT2D eigenvalue weighted by atomic mass is 32.1. The van der Waals surface area contributed by atoms with Crippen LogP contribution in [0.5, 0.6) is 0 Å². The molecule has 0 bridgehead atoms. The minimum atomic E-state index is -0.218. The second kappa shape index (κ2) is 7.62. The number of aryl methyl sites for hydroxylation is 1. The van der Waals surface area contributed by atoms with E-state index in [2.05, 4.69) is 21.3 Å². The van der Waals surface area contributed by atoms with E-state index in [1.54, 1.807) is 0 Å². The summed E-state index contributed by atoms with van der Waals surface area (Å²) in [5.41, 5.74) is 3.14. The van der Waals surface area contributed by atoms with Crippen molar-refractivity contribution in [2.45, 2.75) is 6.92 Å². The Bertz CT molecular complexity index is 948. The van der Waals surface area contributed by atoms with Crippen molar-refractivity contribution in [3.05, 3.63) is 53.8 Å². The SMILES string of the molecule is Cc1ccc2nc(NC(=O)C[NH+]3CCN(c4ccc(F)cc4)CC3)sc2c1. The third-order valence-electron chi connectivity index (χ3n) is 4.86. The van der Waals surface area contributed by atoms with Crippen molar-refractivity contribution in [3.8, 4) is 0 Å².